The number of nitrogens with one attached hydrogen (secondary N) is 1. The van der Waals surface area contributed by atoms with Gasteiger partial charge in [0, 0.05) is 0 Å². The van der Waals surface area contributed by atoms with E-state index in [4.69, 9.17) is 16.3 Å². The van der Waals surface area contributed by atoms with Gasteiger partial charge in [-0.1, -0.05) is 32.0 Å². The van der Waals surface area contributed by atoms with Crippen LogP contribution in [0.25, 0.3) is 11.0 Å². The fourth-order valence-electron chi connectivity index (χ4n) is 2.16. The maximum atomic E-state index is 5.99. The number of ether oxygens (including phenoxy) is 1. The molecule has 0 aliphatic rings. The summed E-state index contributed by atoms with van der Waals surface area (Å²) in [6.07, 6.45) is 2.67. The molecule has 108 valence electrons. The van der Waals surface area contributed by atoms with Gasteiger partial charge in [0.2, 0.25) is 11.2 Å². The predicted molar refractivity (Wildman–Crippen MR) is 81.9 cm³/mol. The highest BCUT2D eigenvalue weighted by Gasteiger charge is 2.14. The van der Waals surface area contributed by atoms with Gasteiger partial charge in [-0.3, -0.25) is 5.10 Å². The lowest BCUT2D eigenvalue weighted by molar-refractivity contribution is 0.457. The summed E-state index contributed by atoms with van der Waals surface area (Å²) in [7, 11) is 0. The molecule has 2 heterocycles. The highest BCUT2D eigenvalue weighted by Crippen LogP contribution is 2.33. The summed E-state index contributed by atoms with van der Waals surface area (Å²) in [4.78, 5) is 8.24. The topological polar surface area (TPSA) is 63.7 Å². The van der Waals surface area contributed by atoms with Crippen molar-refractivity contribution in [3.05, 3.63) is 41.3 Å². The zero-order valence-electron chi connectivity index (χ0n) is 11.8. The Kier molecular flexibility index (Phi) is 3.75. The summed E-state index contributed by atoms with van der Waals surface area (Å²) in [5, 5.41) is 7.56. The van der Waals surface area contributed by atoms with Crippen LogP contribution >= 0.6 is 11.6 Å². The van der Waals surface area contributed by atoms with Gasteiger partial charge in [0.05, 0.1) is 6.20 Å². The summed E-state index contributed by atoms with van der Waals surface area (Å²) in [5.41, 5.74) is 1.71. The van der Waals surface area contributed by atoms with Crippen LogP contribution in [0.15, 0.2) is 30.5 Å². The first-order chi connectivity index (χ1) is 10.2. The molecule has 1 atom stereocenters. The number of hydrogen-bond acceptors (Lipinski definition) is 4. The first kappa shape index (κ1) is 13.8. The van der Waals surface area contributed by atoms with E-state index in [1.807, 2.05) is 18.2 Å². The van der Waals surface area contributed by atoms with Crippen molar-refractivity contribution < 1.29 is 4.74 Å². The second-order valence-electron chi connectivity index (χ2n) is 4.88. The number of fused-ring (bicyclic) bond motifs is 1. The molecule has 1 aromatic carbocycles. The van der Waals surface area contributed by atoms with Crippen molar-refractivity contribution in [3.63, 3.8) is 0 Å². The van der Waals surface area contributed by atoms with Gasteiger partial charge < -0.3 is 4.74 Å². The van der Waals surface area contributed by atoms with E-state index in [-0.39, 0.29) is 5.28 Å². The van der Waals surface area contributed by atoms with E-state index in [9.17, 15) is 0 Å². The van der Waals surface area contributed by atoms with Crippen molar-refractivity contribution in [1.82, 2.24) is 20.2 Å². The van der Waals surface area contributed by atoms with Gasteiger partial charge in [-0.2, -0.15) is 15.1 Å². The number of aromatic amines is 1. The third-order valence-electron chi connectivity index (χ3n) is 3.52. The van der Waals surface area contributed by atoms with Gasteiger partial charge in [0.25, 0.3) is 0 Å². The third kappa shape index (κ3) is 2.69. The Morgan fingerprint density at radius 3 is 2.90 bits per heavy atom. The monoisotopic (exact) mass is 302 g/mol. The number of halogens is 1. The standard InChI is InChI=1S/C15H15ClN4O/c1-3-9(2)10-6-4-5-7-12(10)21-14-11-8-17-20-13(11)18-15(16)19-14/h4-9H,3H2,1-2H3,(H,17,18,19,20). The molecule has 0 fully saturated rings. The third-order valence-corrected chi connectivity index (χ3v) is 3.69. The second-order valence-corrected chi connectivity index (χ2v) is 5.22. The van der Waals surface area contributed by atoms with Crippen LogP contribution in [0.4, 0.5) is 0 Å². The lowest BCUT2D eigenvalue weighted by Crippen LogP contribution is -1.98. The Morgan fingerprint density at radius 2 is 2.10 bits per heavy atom. The molecule has 3 rings (SSSR count). The van der Waals surface area contributed by atoms with E-state index >= 15 is 0 Å². The normalized spacial score (nSPS) is 12.5. The van der Waals surface area contributed by atoms with Gasteiger partial charge >= 0.3 is 0 Å². The number of para-hydroxylation sites is 1. The molecular weight excluding hydrogens is 288 g/mol. The number of H-pyrrole nitrogens is 1. The molecule has 0 aliphatic heterocycles. The molecule has 0 aliphatic carbocycles. The lowest BCUT2D eigenvalue weighted by atomic mass is 9.98. The fourth-order valence-corrected chi connectivity index (χ4v) is 2.33. The van der Waals surface area contributed by atoms with Gasteiger partial charge in [-0.25, -0.2) is 0 Å². The summed E-state index contributed by atoms with van der Waals surface area (Å²) >= 11 is 5.93. The van der Waals surface area contributed by atoms with E-state index in [1.54, 1.807) is 6.20 Å². The number of rotatable bonds is 4. The van der Waals surface area contributed by atoms with Crippen LogP contribution in [0, 0.1) is 0 Å². The Labute approximate surface area is 127 Å². The van der Waals surface area contributed by atoms with E-state index in [1.165, 1.54) is 0 Å². The van der Waals surface area contributed by atoms with Gasteiger partial charge in [-0.05, 0) is 35.6 Å². The molecule has 0 radical (unpaired) electrons. The molecule has 3 aromatic rings. The number of nitrogens with zero attached hydrogens (tertiary/aromatic N) is 3. The summed E-state index contributed by atoms with van der Waals surface area (Å²) < 4.78 is 5.99. The molecule has 6 heteroatoms. The summed E-state index contributed by atoms with van der Waals surface area (Å²) in [5.74, 6) is 1.59. The van der Waals surface area contributed by atoms with Crippen molar-refractivity contribution in [1.29, 1.82) is 0 Å². The van der Waals surface area contributed by atoms with Crippen LogP contribution in [0.1, 0.15) is 31.7 Å². The van der Waals surface area contributed by atoms with Crippen LogP contribution < -0.4 is 4.74 Å². The average molecular weight is 303 g/mol. The summed E-state index contributed by atoms with van der Waals surface area (Å²) in [6.45, 7) is 4.32. The quantitative estimate of drug-likeness (QED) is 0.729. The molecule has 0 bridgehead atoms. The minimum absolute atomic E-state index is 0.128. The van der Waals surface area contributed by atoms with Gasteiger partial charge in [0.1, 0.15) is 11.1 Å². The first-order valence-corrected chi connectivity index (χ1v) is 7.20. The first-order valence-electron chi connectivity index (χ1n) is 6.82. The minimum Gasteiger partial charge on any atom is -0.438 e. The van der Waals surface area contributed by atoms with Gasteiger partial charge in [0.15, 0.2) is 5.65 Å². The Balaban J connectivity index is 2.05. The molecule has 1 unspecified atom stereocenters. The largest absolute Gasteiger partial charge is 0.438 e. The molecule has 1 N–H and O–H groups in total. The zero-order chi connectivity index (χ0) is 14.8. The molecule has 21 heavy (non-hydrogen) atoms. The van der Waals surface area contributed by atoms with Crippen LogP contribution in [0.5, 0.6) is 11.6 Å². The minimum atomic E-state index is 0.128. The summed E-state index contributed by atoms with van der Waals surface area (Å²) in [6, 6.07) is 7.95. The van der Waals surface area contributed by atoms with Crippen LogP contribution in [0.2, 0.25) is 5.28 Å². The molecule has 0 saturated heterocycles. The van der Waals surface area contributed by atoms with Crippen molar-refractivity contribution >= 4 is 22.6 Å². The number of aromatic nitrogens is 4. The van der Waals surface area contributed by atoms with Gasteiger partial charge in [-0.15, -0.1) is 0 Å². The van der Waals surface area contributed by atoms with E-state index in [2.05, 4.69) is 40.1 Å². The van der Waals surface area contributed by atoms with Crippen LogP contribution in [-0.4, -0.2) is 20.2 Å². The fraction of sp³-hybridized carbons (Fsp3) is 0.267. The maximum Gasteiger partial charge on any atom is 0.234 e. The Bertz CT molecular complexity index is 771. The Morgan fingerprint density at radius 1 is 1.29 bits per heavy atom. The zero-order valence-corrected chi connectivity index (χ0v) is 12.6. The molecule has 0 spiro atoms. The molecule has 2 aromatic heterocycles. The van der Waals surface area contributed by atoms with E-state index < -0.39 is 0 Å². The van der Waals surface area contributed by atoms with E-state index in [0.29, 0.717) is 22.8 Å². The molecule has 0 saturated carbocycles. The number of hydrogen-bond donors (Lipinski definition) is 1. The van der Waals surface area contributed by atoms with Crippen LogP contribution in [-0.2, 0) is 0 Å². The van der Waals surface area contributed by atoms with Crippen molar-refractivity contribution in [2.75, 3.05) is 0 Å². The SMILES string of the molecule is CCC(C)c1ccccc1Oc1nc(Cl)nc2[nH]ncc12. The molecule has 5 nitrogen and oxygen atoms in total. The lowest BCUT2D eigenvalue weighted by Gasteiger charge is -2.15. The highest BCUT2D eigenvalue weighted by atomic mass is 35.5. The van der Waals surface area contributed by atoms with Crippen molar-refractivity contribution in [3.8, 4) is 11.6 Å². The van der Waals surface area contributed by atoms with E-state index in [0.717, 1.165) is 17.7 Å². The van der Waals surface area contributed by atoms with Crippen molar-refractivity contribution in [2.24, 2.45) is 0 Å². The maximum absolute atomic E-state index is 5.99. The Hall–Kier alpha value is -2.14. The number of benzene rings is 1. The smallest absolute Gasteiger partial charge is 0.234 e. The highest BCUT2D eigenvalue weighted by molar-refractivity contribution is 6.28. The average Bonchev–Trinajstić information content (AvgIpc) is 2.95. The molecular formula is C15H15ClN4O. The van der Waals surface area contributed by atoms with Crippen LogP contribution in [0.3, 0.4) is 0 Å². The van der Waals surface area contributed by atoms with Crippen molar-refractivity contribution in [2.45, 2.75) is 26.2 Å². The molecule has 0 amide bonds. The predicted octanol–water partition coefficient (Wildman–Crippen LogP) is 4.31. The second kappa shape index (κ2) is 5.69.